The number of thioether (sulfide) groups is 1. The number of guanidine groups is 1. The van der Waals surface area contributed by atoms with Gasteiger partial charge >= 0.3 is 0 Å². The zero-order valence-corrected chi connectivity index (χ0v) is 16.4. The van der Waals surface area contributed by atoms with Crippen LogP contribution in [0.1, 0.15) is 24.0 Å². The van der Waals surface area contributed by atoms with E-state index in [9.17, 15) is 0 Å². The van der Waals surface area contributed by atoms with Crippen molar-refractivity contribution in [2.75, 3.05) is 51.9 Å². The second-order valence-corrected chi connectivity index (χ2v) is 7.25. The van der Waals surface area contributed by atoms with Gasteiger partial charge in [0.1, 0.15) is 0 Å². The van der Waals surface area contributed by atoms with E-state index in [1.807, 2.05) is 18.8 Å². The van der Waals surface area contributed by atoms with E-state index in [2.05, 4.69) is 51.0 Å². The minimum Gasteiger partial charge on any atom is -0.379 e. The van der Waals surface area contributed by atoms with E-state index in [1.54, 1.807) is 0 Å². The Morgan fingerprint density at radius 1 is 1.20 bits per heavy atom. The summed E-state index contributed by atoms with van der Waals surface area (Å²) in [4.78, 5) is 6.75. The molecule has 0 bridgehead atoms. The van der Waals surface area contributed by atoms with Gasteiger partial charge in [0.2, 0.25) is 0 Å². The van der Waals surface area contributed by atoms with Gasteiger partial charge in [-0.25, -0.2) is 0 Å². The highest BCUT2D eigenvalue weighted by Gasteiger charge is 2.10. The van der Waals surface area contributed by atoms with Gasteiger partial charge in [-0.1, -0.05) is 24.3 Å². The van der Waals surface area contributed by atoms with Crippen LogP contribution in [-0.2, 0) is 17.8 Å². The Morgan fingerprint density at radius 2 is 2.00 bits per heavy atom. The summed E-state index contributed by atoms with van der Waals surface area (Å²) in [5.41, 5.74) is 2.65. The lowest BCUT2D eigenvalue weighted by Gasteiger charge is -2.26. The lowest BCUT2D eigenvalue weighted by Crippen LogP contribution is -2.37. The molecule has 0 saturated carbocycles. The van der Waals surface area contributed by atoms with Crippen LogP contribution in [0.3, 0.4) is 0 Å². The topological polar surface area (TPSA) is 48.9 Å². The van der Waals surface area contributed by atoms with E-state index in [1.165, 1.54) is 29.7 Å². The summed E-state index contributed by atoms with van der Waals surface area (Å²) < 4.78 is 5.42. The van der Waals surface area contributed by atoms with Crippen LogP contribution in [0.25, 0.3) is 0 Å². The maximum atomic E-state index is 5.42. The molecule has 0 spiro atoms. The number of rotatable bonds is 9. The monoisotopic (exact) mass is 364 g/mol. The number of nitrogens with one attached hydrogen (secondary N) is 2. The van der Waals surface area contributed by atoms with Crippen molar-refractivity contribution in [1.29, 1.82) is 0 Å². The van der Waals surface area contributed by atoms with E-state index in [0.29, 0.717) is 0 Å². The summed E-state index contributed by atoms with van der Waals surface area (Å²) >= 11 is 1.90. The molecule has 0 atom stereocenters. The summed E-state index contributed by atoms with van der Waals surface area (Å²) in [5.74, 6) is 2.10. The third kappa shape index (κ3) is 8.12. The summed E-state index contributed by atoms with van der Waals surface area (Å²) in [5, 5.41) is 6.79. The standard InChI is InChI=1S/C19H32N4OS/c1-20-19(21-8-3-4-13-25-2)22-15-17-6-5-7-18(14-17)16-23-9-11-24-12-10-23/h5-7,14H,3-4,8-13,15-16H2,1-2H3,(H2,20,21,22). The van der Waals surface area contributed by atoms with Gasteiger partial charge in [-0.05, 0) is 36.0 Å². The first-order chi connectivity index (χ1) is 12.3. The molecule has 2 N–H and O–H groups in total. The van der Waals surface area contributed by atoms with Crippen molar-refractivity contribution in [1.82, 2.24) is 15.5 Å². The smallest absolute Gasteiger partial charge is 0.191 e. The van der Waals surface area contributed by atoms with Crippen molar-refractivity contribution in [2.45, 2.75) is 25.9 Å². The fraction of sp³-hybridized carbons (Fsp3) is 0.632. The predicted octanol–water partition coefficient (Wildman–Crippen LogP) is 2.33. The molecule has 1 aromatic rings. The van der Waals surface area contributed by atoms with Crippen LogP contribution < -0.4 is 10.6 Å². The molecule has 0 unspecified atom stereocenters. The van der Waals surface area contributed by atoms with Crippen molar-refractivity contribution in [3.8, 4) is 0 Å². The van der Waals surface area contributed by atoms with E-state index in [-0.39, 0.29) is 0 Å². The number of ether oxygens (including phenoxy) is 1. The molecule has 0 amide bonds. The molecule has 1 fully saturated rings. The van der Waals surface area contributed by atoms with Crippen LogP contribution in [0, 0.1) is 0 Å². The average molecular weight is 365 g/mol. The molecular formula is C19H32N4OS. The molecule has 0 aliphatic carbocycles. The molecule has 25 heavy (non-hydrogen) atoms. The number of benzene rings is 1. The molecule has 140 valence electrons. The van der Waals surface area contributed by atoms with E-state index in [4.69, 9.17) is 4.74 Å². The maximum Gasteiger partial charge on any atom is 0.191 e. The minimum atomic E-state index is 0.793. The lowest BCUT2D eigenvalue weighted by atomic mass is 10.1. The molecule has 6 heteroatoms. The zero-order chi connectivity index (χ0) is 17.7. The molecular weight excluding hydrogens is 332 g/mol. The van der Waals surface area contributed by atoms with Gasteiger partial charge in [0, 0.05) is 39.8 Å². The van der Waals surface area contributed by atoms with Crippen LogP contribution >= 0.6 is 11.8 Å². The molecule has 1 aliphatic rings. The Hall–Kier alpha value is -1.24. The lowest BCUT2D eigenvalue weighted by molar-refractivity contribution is 0.0342. The van der Waals surface area contributed by atoms with Gasteiger partial charge in [0.15, 0.2) is 5.96 Å². The van der Waals surface area contributed by atoms with Gasteiger partial charge in [0.25, 0.3) is 0 Å². The first-order valence-corrected chi connectivity index (χ1v) is 10.5. The summed E-state index contributed by atoms with van der Waals surface area (Å²) in [7, 11) is 1.83. The van der Waals surface area contributed by atoms with E-state index >= 15 is 0 Å². The third-order valence-corrected chi connectivity index (χ3v) is 4.95. The molecule has 1 saturated heterocycles. The number of hydrogen-bond acceptors (Lipinski definition) is 4. The number of hydrogen-bond donors (Lipinski definition) is 2. The quantitative estimate of drug-likeness (QED) is 0.400. The van der Waals surface area contributed by atoms with Crippen molar-refractivity contribution in [2.24, 2.45) is 4.99 Å². The zero-order valence-electron chi connectivity index (χ0n) is 15.6. The van der Waals surface area contributed by atoms with Crippen molar-refractivity contribution in [3.05, 3.63) is 35.4 Å². The van der Waals surface area contributed by atoms with Crippen LogP contribution in [0.4, 0.5) is 0 Å². The van der Waals surface area contributed by atoms with Crippen molar-refractivity contribution < 1.29 is 4.74 Å². The molecule has 2 rings (SSSR count). The van der Waals surface area contributed by atoms with Gasteiger partial charge in [-0.3, -0.25) is 9.89 Å². The van der Waals surface area contributed by atoms with Crippen LogP contribution in [0.5, 0.6) is 0 Å². The Kier molecular flexibility index (Phi) is 9.77. The van der Waals surface area contributed by atoms with E-state index in [0.717, 1.165) is 51.9 Å². The van der Waals surface area contributed by atoms with Crippen molar-refractivity contribution >= 4 is 17.7 Å². The number of aliphatic imine (C=N–C) groups is 1. The predicted molar refractivity (Wildman–Crippen MR) is 108 cm³/mol. The fourth-order valence-corrected chi connectivity index (χ4v) is 3.33. The fourth-order valence-electron chi connectivity index (χ4n) is 2.84. The molecule has 0 aromatic heterocycles. The largest absolute Gasteiger partial charge is 0.379 e. The van der Waals surface area contributed by atoms with Gasteiger partial charge < -0.3 is 15.4 Å². The normalized spacial score (nSPS) is 16.0. The molecule has 1 aliphatic heterocycles. The minimum absolute atomic E-state index is 0.793. The second kappa shape index (κ2) is 12.2. The Labute approximate surface area is 156 Å². The molecule has 1 heterocycles. The second-order valence-electron chi connectivity index (χ2n) is 6.26. The summed E-state index contributed by atoms with van der Waals surface area (Å²) in [6, 6.07) is 8.80. The Bertz CT molecular complexity index is 518. The number of unbranched alkanes of at least 4 members (excludes halogenated alkanes) is 1. The average Bonchev–Trinajstić information content (AvgIpc) is 2.65. The highest BCUT2D eigenvalue weighted by atomic mass is 32.2. The number of morpholine rings is 1. The molecule has 5 nitrogen and oxygen atoms in total. The van der Waals surface area contributed by atoms with Crippen LogP contribution in [-0.4, -0.2) is 62.8 Å². The Morgan fingerprint density at radius 3 is 2.76 bits per heavy atom. The highest BCUT2D eigenvalue weighted by Crippen LogP contribution is 2.10. The maximum absolute atomic E-state index is 5.42. The summed E-state index contributed by atoms with van der Waals surface area (Å²) in [6.45, 7) is 6.50. The van der Waals surface area contributed by atoms with Gasteiger partial charge in [-0.2, -0.15) is 11.8 Å². The van der Waals surface area contributed by atoms with Gasteiger partial charge in [-0.15, -0.1) is 0 Å². The SMILES string of the molecule is CN=C(NCCCCSC)NCc1cccc(CN2CCOCC2)c1. The summed E-state index contributed by atoms with van der Waals surface area (Å²) in [6.07, 6.45) is 4.58. The first kappa shape index (κ1) is 20.1. The van der Waals surface area contributed by atoms with E-state index < -0.39 is 0 Å². The molecule has 1 aromatic carbocycles. The van der Waals surface area contributed by atoms with Crippen LogP contribution in [0.15, 0.2) is 29.3 Å². The van der Waals surface area contributed by atoms with Crippen molar-refractivity contribution in [3.63, 3.8) is 0 Å². The van der Waals surface area contributed by atoms with Gasteiger partial charge in [0.05, 0.1) is 13.2 Å². The first-order valence-electron chi connectivity index (χ1n) is 9.13. The third-order valence-electron chi connectivity index (χ3n) is 4.25. The highest BCUT2D eigenvalue weighted by molar-refractivity contribution is 7.98. The number of nitrogens with zero attached hydrogens (tertiary/aromatic N) is 2. The Balaban J connectivity index is 1.74. The molecule has 0 radical (unpaired) electrons. The van der Waals surface area contributed by atoms with Crippen LogP contribution in [0.2, 0.25) is 0 Å².